The van der Waals surface area contributed by atoms with Crippen molar-refractivity contribution in [2.45, 2.75) is 20.8 Å². The van der Waals surface area contributed by atoms with Gasteiger partial charge in [-0.05, 0) is 30.3 Å². The third-order valence-electron chi connectivity index (χ3n) is 3.18. The first-order valence-corrected chi connectivity index (χ1v) is 8.66. The Morgan fingerprint density at radius 1 is 1.00 bits per heavy atom. The van der Waals surface area contributed by atoms with E-state index in [0.29, 0.717) is 26.4 Å². The molecule has 25 heavy (non-hydrogen) atoms. The van der Waals surface area contributed by atoms with Crippen molar-refractivity contribution in [2.75, 3.05) is 10.7 Å². The second kappa shape index (κ2) is 8.09. The topological polar surface area (TPSA) is 53.5 Å². The van der Waals surface area contributed by atoms with E-state index >= 15 is 0 Å². The molecule has 2 aromatic rings. The highest BCUT2D eigenvalue weighted by Gasteiger charge is 2.27. The lowest BCUT2D eigenvalue weighted by Gasteiger charge is -2.19. The summed E-state index contributed by atoms with van der Waals surface area (Å²) in [5.74, 6) is -0.0473. The number of hydrogen-bond acceptors (Lipinski definition) is 3. The normalized spacial score (nSPS) is 12.0. The van der Waals surface area contributed by atoms with Crippen molar-refractivity contribution in [2.24, 2.45) is 10.5 Å². The highest BCUT2D eigenvalue weighted by atomic mass is 35.5. The van der Waals surface area contributed by atoms with E-state index in [2.05, 4.69) is 15.8 Å². The number of amidine groups is 1. The Balaban J connectivity index is 2.34. The van der Waals surface area contributed by atoms with Gasteiger partial charge >= 0.3 is 0 Å². The zero-order chi connectivity index (χ0) is 18.6. The van der Waals surface area contributed by atoms with E-state index in [9.17, 15) is 4.79 Å². The number of ketones is 1. The van der Waals surface area contributed by atoms with Crippen LogP contribution < -0.4 is 10.7 Å². The number of halogens is 3. The van der Waals surface area contributed by atoms with E-state index in [4.69, 9.17) is 34.8 Å². The van der Waals surface area contributed by atoms with Crippen LogP contribution in [0.2, 0.25) is 15.1 Å². The summed E-state index contributed by atoms with van der Waals surface area (Å²) in [7, 11) is 0. The molecular formula is C18H18Cl3N3O. The zero-order valence-corrected chi connectivity index (χ0v) is 16.3. The molecule has 0 unspecified atom stereocenters. The van der Waals surface area contributed by atoms with Crippen LogP contribution >= 0.6 is 34.8 Å². The van der Waals surface area contributed by atoms with Crippen LogP contribution in [0.4, 0.5) is 11.4 Å². The van der Waals surface area contributed by atoms with Crippen molar-refractivity contribution in [3.05, 3.63) is 57.5 Å². The zero-order valence-electron chi connectivity index (χ0n) is 14.0. The molecule has 0 spiro atoms. The van der Waals surface area contributed by atoms with Crippen LogP contribution in [0.15, 0.2) is 47.6 Å². The molecule has 132 valence electrons. The lowest BCUT2D eigenvalue weighted by Crippen LogP contribution is -2.34. The fourth-order valence-corrected chi connectivity index (χ4v) is 2.63. The van der Waals surface area contributed by atoms with Crippen LogP contribution in [-0.2, 0) is 4.79 Å². The minimum absolute atomic E-state index is 0.130. The Hall–Kier alpha value is -1.75. The lowest BCUT2D eigenvalue weighted by atomic mass is 9.90. The standard InChI is InChI=1S/C18H18Cl3N3O/c1-18(2,3)16(25)17(22-13-9-11(19)8-12(20)10-13)24-23-15-7-5-4-6-14(15)21/h4-10,23H,1-3H3,(H,22,24). The maximum atomic E-state index is 12.7. The average molecular weight is 399 g/mol. The first-order chi connectivity index (χ1) is 11.7. The van der Waals surface area contributed by atoms with Crippen molar-refractivity contribution >= 4 is 57.8 Å². The molecule has 0 heterocycles. The van der Waals surface area contributed by atoms with Gasteiger partial charge in [0.15, 0.2) is 5.84 Å². The van der Waals surface area contributed by atoms with Crippen LogP contribution in [0.25, 0.3) is 0 Å². The van der Waals surface area contributed by atoms with Gasteiger partial charge in [0.25, 0.3) is 0 Å². The van der Waals surface area contributed by atoms with Gasteiger partial charge in [0.2, 0.25) is 5.78 Å². The van der Waals surface area contributed by atoms with E-state index in [-0.39, 0.29) is 11.6 Å². The quantitative estimate of drug-likeness (QED) is 0.372. The highest BCUT2D eigenvalue weighted by molar-refractivity contribution is 6.45. The third-order valence-corrected chi connectivity index (χ3v) is 3.95. The molecule has 0 aliphatic rings. The Labute approximate surface area is 162 Å². The van der Waals surface area contributed by atoms with Crippen LogP contribution in [0.1, 0.15) is 20.8 Å². The van der Waals surface area contributed by atoms with Gasteiger partial charge in [0.1, 0.15) is 0 Å². The Kier molecular flexibility index (Phi) is 6.33. The van der Waals surface area contributed by atoms with E-state index in [1.807, 2.05) is 32.9 Å². The molecule has 7 heteroatoms. The summed E-state index contributed by atoms with van der Waals surface area (Å²) in [6.45, 7) is 5.44. The number of benzene rings is 2. The number of carbonyl (C=O) groups excluding carboxylic acids is 1. The fraction of sp³-hybridized carbons (Fsp3) is 0.222. The molecule has 0 aliphatic heterocycles. The van der Waals surface area contributed by atoms with Crippen LogP contribution in [0, 0.1) is 5.41 Å². The lowest BCUT2D eigenvalue weighted by molar-refractivity contribution is -0.119. The molecule has 2 N–H and O–H groups in total. The molecule has 0 radical (unpaired) electrons. The first-order valence-electron chi connectivity index (χ1n) is 7.53. The minimum Gasteiger partial charge on any atom is -0.336 e. The summed E-state index contributed by atoms with van der Waals surface area (Å²) in [5.41, 5.74) is 3.35. The molecule has 2 aromatic carbocycles. The van der Waals surface area contributed by atoms with Gasteiger partial charge in [0.05, 0.1) is 10.7 Å². The maximum absolute atomic E-state index is 12.7. The molecule has 0 aliphatic carbocycles. The number of rotatable bonds is 4. The first kappa shape index (κ1) is 19.6. The number of Topliss-reactive ketones (excluding diaryl/α,β-unsaturated/α-hetero) is 1. The Bertz CT molecular complexity index is 793. The number of anilines is 2. The Morgan fingerprint density at radius 2 is 1.60 bits per heavy atom. The van der Waals surface area contributed by atoms with Gasteiger partial charge < -0.3 is 5.32 Å². The second-order valence-electron chi connectivity index (χ2n) is 6.41. The van der Waals surface area contributed by atoms with Crippen molar-refractivity contribution in [1.29, 1.82) is 0 Å². The molecule has 0 bridgehead atoms. The van der Waals surface area contributed by atoms with Gasteiger partial charge in [-0.1, -0.05) is 67.7 Å². The van der Waals surface area contributed by atoms with E-state index < -0.39 is 5.41 Å². The van der Waals surface area contributed by atoms with Crippen molar-refractivity contribution in [1.82, 2.24) is 0 Å². The molecule has 0 fully saturated rings. The average Bonchev–Trinajstić information content (AvgIpc) is 2.50. The smallest absolute Gasteiger partial charge is 0.205 e. The Morgan fingerprint density at radius 3 is 2.16 bits per heavy atom. The predicted octanol–water partition coefficient (Wildman–Crippen LogP) is 6.10. The molecule has 0 atom stereocenters. The molecule has 0 aromatic heterocycles. The van der Waals surface area contributed by atoms with Gasteiger partial charge in [-0.25, -0.2) is 0 Å². The number of carbonyl (C=O) groups is 1. The fourth-order valence-electron chi connectivity index (χ4n) is 1.92. The molecule has 4 nitrogen and oxygen atoms in total. The number of para-hydroxylation sites is 1. The second-order valence-corrected chi connectivity index (χ2v) is 7.69. The van der Waals surface area contributed by atoms with Crippen LogP contribution in [0.5, 0.6) is 0 Å². The largest absolute Gasteiger partial charge is 0.336 e. The summed E-state index contributed by atoms with van der Waals surface area (Å²) in [6.07, 6.45) is 0. The van der Waals surface area contributed by atoms with E-state index in [1.165, 1.54) is 0 Å². The van der Waals surface area contributed by atoms with Crippen molar-refractivity contribution < 1.29 is 4.79 Å². The summed E-state index contributed by atoms with van der Waals surface area (Å²) >= 11 is 18.1. The van der Waals surface area contributed by atoms with Gasteiger partial charge in [-0.3, -0.25) is 10.2 Å². The maximum Gasteiger partial charge on any atom is 0.205 e. The van der Waals surface area contributed by atoms with Crippen molar-refractivity contribution in [3.8, 4) is 0 Å². The van der Waals surface area contributed by atoms with Crippen LogP contribution in [-0.4, -0.2) is 11.6 Å². The highest BCUT2D eigenvalue weighted by Crippen LogP contribution is 2.24. The summed E-state index contributed by atoms with van der Waals surface area (Å²) < 4.78 is 0. The van der Waals surface area contributed by atoms with Crippen molar-refractivity contribution in [3.63, 3.8) is 0 Å². The SMILES string of the molecule is CC(C)(C)C(=O)/C(=N/Nc1ccccc1Cl)Nc1cc(Cl)cc(Cl)c1. The molecular weight excluding hydrogens is 381 g/mol. The summed E-state index contributed by atoms with van der Waals surface area (Å²) in [4.78, 5) is 12.7. The number of nitrogens with zero attached hydrogens (tertiary/aromatic N) is 1. The number of hydrogen-bond donors (Lipinski definition) is 2. The molecule has 0 saturated heterocycles. The van der Waals surface area contributed by atoms with E-state index in [0.717, 1.165) is 0 Å². The van der Waals surface area contributed by atoms with Crippen LogP contribution in [0.3, 0.4) is 0 Å². The summed E-state index contributed by atoms with van der Waals surface area (Å²) in [5, 5.41) is 8.60. The summed E-state index contributed by atoms with van der Waals surface area (Å²) in [6, 6.07) is 12.1. The number of nitrogens with one attached hydrogen (secondary N) is 2. The number of hydrazone groups is 1. The molecule has 2 rings (SSSR count). The van der Waals surface area contributed by atoms with E-state index in [1.54, 1.807) is 30.3 Å². The third kappa shape index (κ3) is 5.63. The van der Waals surface area contributed by atoms with Gasteiger partial charge in [0, 0.05) is 21.1 Å². The molecule has 0 amide bonds. The van der Waals surface area contributed by atoms with Gasteiger partial charge in [-0.15, -0.1) is 0 Å². The van der Waals surface area contributed by atoms with Gasteiger partial charge in [-0.2, -0.15) is 5.10 Å². The monoisotopic (exact) mass is 397 g/mol. The predicted molar refractivity (Wildman–Crippen MR) is 107 cm³/mol. The molecule has 0 saturated carbocycles. The minimum atomic E-state index is -0.629.